The summed E-state index contributed by atoms with van der Waals surface area (Å²) in [7, 11) is 0. The fourth-order valence-corrected chi connectivity index (χ4v) is 2.11. The summed E-state index contributed by atoms with van der Waals surface area (Å²) in [5.41, 5.74) is 4.89. The van der Waals surface area contributed by atoms with Gasteiger partial charge in [0.1, 0.15) is 0 Å². The zero-order chi connectivity index (χ0) is 16.8. The number of amides is 2. The van der Waals surface area contributed by atoms with Gasteiger partial charge in [-0.25, -0.2) is 4.39 Å². The second-order valence-electron chi connectivity index (χ2n) is 4.64. The van der Waals surface area contributed by atoms with Gasteiger partial charge in [-0.05, 0) is 37.3 Å². The van der Waals surface area contributed by atoms with Crippen molar-refractivity contribution in [2.24, 2.45) is 0 Å². The van der Waals surface area contributed by atoms with E-state index in [4.69, 9.17) is 4.74 Å². The molecule has 5 nitrogen and oxygen atoms in total. The number of benzene rings is 2. The van der Waals surface area contributed by atoms with Gasteiger partial charge in [0, 0.05) is 10.0 Å². The molecule has 2 aromatic rings. The van der Waals surface area contributed by atoms with Gasteiger partial charge in [-0.15, -0.1) is 0 Å². The van der Waals surface area contributed by atoms with Gasteiger partial charge in [0.15, 0.2) is 17.7 Å². The summed E-state index contributed by atoms with van der Waals surface area (Å²) in [6.07, 6.45) is -0.977. The molecule has 0 radical (unpaired) electrons. The number of carbonyl (C=O) groups excluding carboxylic acids is 2. The quantitative estimate of drug-likeness (QED) is 0.801. The van der Waals surface area contributed by atoms with Gasteiger partial charge in [-0.3, -0.25) is 20.4 Å². The molecule has 0 fully saturated rings. The first-order valence-electron chi connectivity index (χ1n) is 6.74. The van der Waals surface area contributed by atoms with E-state index in [-0.39, 0.29) is 5.75 Å². The lowest BCUT2D eigenvalue weighted by Crippen LogP contribution is -2.47. The van der Waals surface area contributed by atoms with E-state index in [2.05, 4.69) is 26.8 Å². The minimum Gasteiger partial charge on any atom is -0.478 e. The zero-order valence-corrected chi connectivity index (χ0v) is 13.8. The van der Waals surface area contributed by atoms with Crippen LogP contribution in [0.15, 0.2) is 53.0 Å². The number of carbonyl (C=O) groups is 2. The highest BCUT2D eigenvalue weighted by atomic mass is 79.9. The number of nitrogens with one attached hydrogen (secondary N) is 2. The summed E-state index contributed by atoms with van der Waals surface area (Å²) in [6.45, 7) is 1.45. The third-order valence-corrected chi connectivity index (χ3v) is 3.39. The van der Waals surface area contributed by atoms with Crippen molar-refractivity contribution in [3.8, 4) is 5.75 Å². The fraction of sp³-hybridized carbons (Fsp3) is 0.125. The Kier molecular flexibility index (Phi) is 5.70. The molecule has 2 amide bonds. The smallest absolute Gasteiger partial charge is 0.279 e. The Balaban J connectivity index is 1.89. The van der Waals surface area contributed by atoms with Crippen LogP contribution in [0.1, 0.15) is 17.3 Å². The van der Waals surface area contributed by atoms with Crippen LogP contribution < -0.4 is 15.6 Å². The van der Waals surface area contributed by atoms with Gasteiger partial charge in [0.25, 0.3) is 11.8 Å². The van der Waals surface area contributed by atoms with E-state index in [1.54, 1.807) is 30.3 Å². The number of hydrogen-bond acceptors (Lipinski definition) is 3. The Labute approximate surface area is 140 Å². The minimum absolute atomic E-state index is 0.0338. The zero-order valence-electron chi connectivity index (χ0n) is 12.2. The van der Waals surface area contributed by atoms with Gasteiger partial charge in [-0.1, -0.05) is 34.1 Å². The van der Waals surface area contributed by atoms with Crippen LogP contribution in [0.3, 0.4) is 0 Å². The summed E-state index contributed by atoms with van der Waals surface area (Å²) in [4.78, 5) is 23.8. The standard InChI is InChI=1S/C16H14BrFN2O3/c1-10(23-14-8-3-2-7-13(14)18)15(21)19-20-16(22)11-5-4-6-12(17)9-11/h2-10H,1H3,(H,19,21)(H,20,22)/t10-/m0/s1. The third-order valence-electron chi connectivity index (χ3n) is 2.90. The van der Waals surface area contributed by atoms with Crippen molar-refractivity contribution in [3.05, 3.63) is 64.4 Å². The highest BCUT2D eigenvalue weighted by Gasteiger charge is 2.17. The molecule has 0 aliphatic rings. The van der Waals surface area contributed by atoms with Crippen molar-refractivity contribution < 1.29 is 18.7 Å². The summed E-state index contributed by atoms with van der Waals surface area (Å²) in [5.74, 6) is -1.67. The molecule has 120 valence electrons. The molecular formula is C16H14BrFN2O3. The summed E-state index contributed by atoms with van der Waals surface area (Å²) in [6, 6.07) is 12.5. The number of para-hydroxylation sites is 1. The second-order valence-corrected chi connectivity index (χ2v) is 5.56. The maximum Gasteiger partial charge on any atom is 0.279 e. The number of rotatable bonds is 4. The molecule has 7 heteroatoms. The molecule has 2 aromatic carbocycles. The lowest BCUT2D eigenvalue weighted by molar-refractivity contribution is -0.128. The Hall–Kier alpha value is -2.41. The van der Waals surface area contributed by atoms with Crippen molar-refractivity contribution in [3.63, 3.8) is 0 Å². The monoisotopic (exact) mass is 380 g/mol. The number of ether oxygens (including phenoxy) is 1. The lowest BCUT2D eigenvalue weighted by Gasteiger charge is -2.15. The van der Waals surface area contributed by atoms with Crippen molar-refractivity contribution in [2.45, 2.75) is 13.0 Å². The van der Waals surface area contributed by atoms with E-state index in [0.717, 1.165) is 4.47 Å². The number of hydrogen-bond donors (Lipinski definition) is 2. The van der Waals surface area contributed by atoms with Crippen LogP contribution in [0.25, 0.3) is 0 Å². The van der Waals surface area contributed by atoms with Crippen LogP contribution in [-0.4, -0.2) is 17.9 Å². The maximum atomic E-state index is 13.5. The molecule has 2 N–H and O–H groups in total. The van der Waals surface area contributed by atoms with Crippen LogP contribution in [0, 0.1) is 5.82 Å². The molecular weight excluding hydrogens is 367 g/mol. The Bertz CT molecular complexity index is 724. The van der Waals surface area contributed by atoms with Crippen LogP contribution >= 0.6 is 15.9 Å². The molecule has 0 heterocycles. The van der Waals surface area contributed by atoms with Crippen LogP contribution in [0.4, 0.5) is 4.39 Å². The van der Waals surface area contributed by atoms with Gasteiger partial charge in [0.05, 0.1) is 0 Å². The molecule has 2 rings (SSSR count). The molecule has 0 aromatic heterocycles. The Morgan fingerprint density at radius 3 is 2.57 bits per heavy atom. The van der Waals surface area contributed by atoms with E-state index >= 15 is 0 Å². The SMILES string of the molecule is C[C@H](Oc1ccccc1F)C(=O)NNC(=O)c1cccc(Br)c1. The molecule has 0 spiro atoms. The van der Waals surface area contributed by atoms with Gasteiger partial charge >= 0.3 is 0 Å². The normalized spacial score (nSPS) is 11.4. The number of halogens is 2. The third kappa shape index (κ3) is 4.79. The molecule has 0 aliphatic heterocycles. The highest BCUT2D eigenvalue weighted by molar-refractivity contribution is 9.10. The fourth-order valence-electron chi connectivity index (χ4n) is 1.71. The Morgan fingerprint density at radius 2 is 1.87 bits per heavy atom. The first-order valence-corrected chi connectivity index (χ1v) is 7.53. The summed E-state index contributed by atoms with van der Waals surface area (Å²) in [5, 5.41) is 0. The predicted octanol–water partition coefficient (Wildman–Crippen LogP) is 2.82. The molecule has 0 aliphatic carbocycles. The lowest BCUT2D eigenvalue weighted by atomic mass is 10.2. The van der Waals surface area contributed by atoms with Crippen LogP contribution in [0.2, 0.25) is 0 Å². The van der Waals surface area contributed by atoms with Crippen molar-refractivity contribution in [1.29, 1.82) is 0 Å². The summed E-state index contributed by atoms with van der Waals surface area (Å²) >= 11 is 3.25. The molecule has 1 atom stereocenters. The molecule has 23 heavy (non-hydrogen) atoms. The topological polar surface area (TPSA) is 67.4 Å². The molecule has 0 unspecified atom stereocenters. The maximum absolute atomic E-state index is 13.5. The largest absolute Gasteiger partial charge is 0.478 e. The highest BCUT2D eigenvalue weighted by Crippen LogP contribution is 2.17. The molecule has 0 bridgehead atoms. The van der Waals surface area contributed by atoms with Gasteiger partial charge in [0.2, 0.25) is 0 Å². The van der Waals surface area contributed by atoms with Gasteiger partial charge in [-0.2, -0.15) is 0 Å². The van der Waals surface area contributed by atoms with Crippen LogP contribution in [0.5, 0.6) is 5.75 Å². The van der Waals surface area contributed by atoms with E-state index in [9.17, 15) is 14.0 Å². The van der Waals surface area contributed by atoms with Crippen molar-refractivity contribution in [1.82, 2.24) is 10.9 Å². The Morgan fingerprint density at radius 1 is 1.13 bits per heavy atom. The number of hydrazine groups is 1. The first kappa shape index (κ1) is 17.0. The average Bonchev–Trinajstić information content (AvgIpc) is 2.54. The summed E-state index contributed by atoms with van der Waals surface area (Å²) < 4.78 is 19.4. The first-order chi connectivity index (χ1) is 11.0. The van der Waals surface area contributed by atoms with Crippen LogP contribution in [-0.2, 0) is 4.79 Å². The minimum atomic E-state index is -0.977. The van der Waals surface area contributed by atoms with E-state index in [0.29, 0.717) is 5.56 Å². The van der Waals surface area contributed by atoms with E-state index < -0.39 is 23.7 Å². The van der Waals surface area contributed by atoms with E-state index in [1.165, 1.54) is 25.1 Å². The van der Waals surface area contributed by atoms with Crippen molar-refractivity contribution >= 4 is 27.7 Å². The van der Waals surface area contributed by atoms with E-state index in [1.807, 2.05) is 0 Å². The average molecular weight is 381 g/mol. The van der Waals surface area contributed by atoms with Gasteiger partial charge < -0.3 is 4.74 Å². The molecule has 0 saturated heterocycles. The molecule has 0 saturated carbocycles. The second kappa shape index (κ2) is 7.73. The predicted molar refractivity (Wildman–Crippen MR) is 86.2 cm³/mol. The van der Waals surface area contributed by atoms with Crippen molar-refractivity contribution in [2.75, 3.05) is 0 Å².